The Labute approximate surface area is 261 Å². The van der Waals surface area contributed by atoms with Crippen LogP contribution in [0.25, 0.3) is 10.9 Å². The number of carbonyl (C=O) groups excluding carboxylic acids is 2. The standard InChI is InChI=1S/C33H34F6N4O3/c1-3-18-16-43-9-7-19(18)12-26(43)27(23-6-8-40-25-5-4-22(46-2)14-24(23)25)42-29-28(30(44)31(29)45)41-15-17-10-20(32(34,35)36)13-21(11-17)33(37,38)39/h4-6,8,10-11,13-14,18-19,26-29,41-42H,3,7,9,12,15-16H2,1-2H3/t18-,19-,26+,27+,28?,29?/m0/s1. The topological polar surface area (TPSA) is 83.6 Å². The van der Waals surface area contributed by atoms with Gasteiger partial charge >= 0.3 is 12.4 Å². The minimum absolute atomic E-state index is 0.0275. The lowest BCUT2D eigenvalue weighted by atomic mass is 9.71. The quantitative estimate of drug-likeness (QED) is 0.227. The van der Waals surface area contributed by atoms with E-state index in [1.807, 2.05) is 18.2 Å². The number of piperidine rings is 3. The van der Waals surface area contributed by atoms with Crippen molar-refractivity contribution in [3.63, 3.8) is 0 Å². The maximum atomic E-state index is 13.4. The number of ketones is 2. The van der Waals surface area contributed by atoms with Gasteiger partial charge in [-0.25, -0.2) is 0 Å². The monoisotopic (exact) mass is 648 g/mol. The molecule has 4 heterocycles. The Morgan fingerprint density at radius 2 is 1.67 bits per heavy atom. The first-order chi connectivity index (χ1) is 21.8. The average molecular weight is 649 g/mol. The summed E-state index contributed by atoms with van der Waals surface area (Å²) in [6.45, 7) is 3.47. The van der Waals surface area contributed by atoms with E-state index in [9.17, 15) is 35.9 Å². The van der Waals surface area contributed by atoms with Crippen molar-refractivity contribution in [3.8, 4) is 5.75 Å². The van der Waals surface area contributed by atoms with Crippen LogP contribution in [0.3, 0.4) is 0 Å². The van der Waals surface area contributed by atoms with E-state index in [1.54, 1.807) is 19.4 Å². The van der Waals surface area contributed by atoms with E-state index in [2.05, 4.69) is 27.4 Å². The minimum Gasteiger partial charge on any atom is -0.497 e. The number of ether oxygens (including phenoxy) is 1. The molecule has 46 heavy (non-hydrogen) atoms. The first-order valence-corrected chi connectivity index (χ1v) is 15.3. The number of hydrogen-bond acceptors (Lipinski definition) is 7. The van der Waals surface area contributed by atoms with Crippen LogP contribution in [0.2, 0.25) is 0 Å². The molecule has 1 aliphatic carbocycles. The van der Waals surface area contributed by atoms with E-state index in [-0.39, 0.29) is 17.7 Å². The first-order valence-electron chi connectivity index (χ1n) is 15.3. The molecule has 3 unspecified atom stereocenters. The lowest BCUT2D eigenvalue weighted by Crippen LogP contribution is -2.71. The zero-order valence-corrected chi connectivity index (χ0v) is 25.2. The Hall–Kier alpha value is -3.55. The summed E-state index contributed by atoms with van der Waals surface area (Å²) in [6.07, 6.45) is -5.35. The molecule has 2 bridgehead atoms. The van der Waals surface area contributed by atoms with E-state index in [1.165, 1.54) is 0 Å². The van der Waals surface area contributed by atoms with Crippen LogP contribution in [0, 0.1) is 11.8 Å². The van der Waals surface area contributed by atoms with Gasteiger partial charge in [0.15, 0.2) is 0 Å². The van der Waals surface area contributed by atoms with Crippen molar-refractivity contribution < 1.29 is 40.7 Å². The number of aromatic nitrogens is 1. The SMILES string of the molecule is CC[C@H]1CN2CC[C@H]1C[C@@H]2[C@H](NC1C(=O)C(=O)C1NCc1cc(C(F)(F)F)cc(C(F)(F)F)c1)c1ccnc2ccc(OC)cc12. The second kappa shape index (κ2) is 12.2. The largest absolute Gasteiger partial charge is 0.497 e. The highest BCUT2D eigenvalue weighted by molar-refractivity contribution is 6.49. The van der Waals surface area contributed by atoms with Gasteiger partial charge in [0.05, 0.1) is 35.8 Å². The fourth-order valence-electron chi connectivity index (χ4n) is 7.38. The van der Waals surface area contributed by atoms with E-state index in [0.29, 0.717) is 35.2 Å². The summed E-state index contributed by atoms with van der Waals surface area (Å²) >= 11 is 0. The molecule has 1 aromatic heterocycles. The van der Waals surface area contributed by atoms with Gasteiger partial charge in [-0.3, -0.25) is 24.8 Å². The second-order valence-electron chi connectivity index (χ2n) is 12.4. The van der Waals surface area contributed by atoms with Gasteiger partial charge in [0, 0.05) is 36.8 Å². The highest BCUT2D eigenvalue weighted by atomic mass is 19.4. The molecule has 0 spiro atoms. The number of methoxy groups -OCH3 is 1. The van der Waals surface area contributed by atoms with Gasteiger partial charge in [-0.15, -0.1) is 0 Å². The highest BCUT2D eigenvalue weighted by Gasteiger charge is 2.52. The number of hydrogen-bond donors (Lipinski definition) is 2. The summed E-state index contributed by atoms with van der Waals surface area (Å²) in [7, 11) is 1.56. The Morgan fingerprint density at radius 3 is 2.28 bits per heavy atom. The zero-order valence-electron chi connectivity index (χ0n) is 25.2. The number of alkyl halides is 6. The van der Waals surface area contributed by atoms with Crippen molar-refractivity contribution in [1.82, 2.24) is 20.5 Å². The predicted octanol–water partition coefficient (Wildman–Crippen LogP) is 5.71. The van der Waals surface area contributed by atoms with Crippen LogP contribution < -0.4 is 15.4 Å². The molecule has 3 aromatic rings. The first kappa shape index (κ1) is 32.4. The normalized spacial score (nSPS) is 27.1. The van der Waals surface area contributed by atoms with Crippen LogP contribution in [-0.4, -0.2) is 59.8 Å². The van der Waals surface area contributed by atoms with Gasteiger partial charge in [-0.1, -0.05) is 13.3 Å². The molecule has 2 N–H and O–H groups in total. The molecule has 246 valence electrons. The van der Waals surface area contributed by atoms with E-state index in [4.69, 9.17) is 4.74 Å². The fraction of sp³-hybridized carbons (Fsp3) is 0.485. The van der Waals surface area contributed by atoms with Crippen molar-refractivity contribution in [2.24, 2.45) is 11.8 Å². The van der Waals surface area contributed by atoms with E-state index in [0.717, 1.165) is 43.3 Å². The number of benzene rings is 2. The molecular formula is C33H34F6N4O3. The van der Waals surface area contributed by atoms with Crippen molar-refractivity contribution in [2.75, 3.05) is 20.2 Å². The van der Waals surface area contributed by atoms with Crippen LogP contribution in [0.4, 0.5) is 26.3 Å². The van der Waals surface area contributed by atoms with Gasteiger partial charge in [0.2, 0.25) is 11.6 Å². The molecule has 1 saturated carbocycles. The van der Waals surface area contributed by atoms with Crippen molar-refractivity contribution in [1.29, 1.82) is 0 Å². The van der Waals surface area contributed by atoms with E-state index < -0.39 is 59.7 Å². The maximum absolute atomic E-state index is 13.4. The molecule has 4 aliphatic rings. The van der Waals surface area contributed by atoms with Crippen molar-refractivity contribution in [3.05, 3.63) is 70.9 Å². The zero-order chi connectivity index (χ0) is 33.0. The van der Waals surface area contributed by atoms with Crippen LogP contribution in [0.15, 0.2) is 48.7 Å². The van der Waals surface area contributed by atoms with Gasteiger partial charge in [-0.2, -0.15) is 26.3 Å². The third kappa shape index (κ3) is 6.12. The molecule has 3 saturated heterocycles. The fourth-order valence-corrected chi connectivity index (χ4v) is 7.38. The lowest BCUT2D eigenvalue weighted by Gasteiger charge is -2.53. The number of fused-ring (bicyclic) bond motifs is 4. The number of Topliss-reactive ketones (excluding diaryl/α,β-unsaturated/α-hetero) is 2. The van der Waals surface area contributed by atoms with Gasteiger partial charge < -0.3 is 10.1 Å². The molecule has 7 atom stereocenters. The minimum atomic E-state index is -5.00. The number of nitrogens with one attached hydrogen (secondary N) is 2. The number of pyridine rings is 1. The molecule has 0 amide bonds. The summed E-state index contributed by atoms with van der Waals surface area (Å²) in [5.41, 5.74) is -1.64. The van der Waals surface area contributed by atoms with Gasteiger partial charge in [0.1, 0.15) is 5.75 Å². The number of carbonyl (C=O) groups is 2. The molecule has 4 fully saturated rings. The second-order valence-corrected chi connectivity index (χ2v) is 12.4. The lowest BCUT2D eigenvalue weighted by molar-refractivity contribution is -0.148. The third-order valence-corrected chi connectivity index (χ3v) is 9.84. The Kier molecular flexibility index (Phi) is 8.62. The summed E-state index contributed by atoms with van der Waals surface area (Å²) in [6, 6.07) is 6.02. The molecule has 7 nitrogen and oxygen atoms in total. The summed E-state index contributed by atoms with van der Waals surface area (Å²) in [4.78, 5) is 32.7. The molecule has 7 rings (SSSR count). The summed E-state index contributed by atoms with van der Waals surface area (Å²) in [5.74, 6) is 0.183. The maximum Gasteiger partial charge on any atom is 0.416 e. The Balaban J connectivity index is 1.31. The van der Waals surface area contributed by atoms with Crippen molar-refractivity contribution >= 4 is 22.5 Å². The van der Waals surface area contributed by atoms with Crippen LogP contribution >= 0.6 is 0 Å². The third-order valence-electron chi connectivity index (χ3n) is 9.84. The predicted molar refractivity (Wildman–Crippen MR) is 157 cm³/mol. The number of rotatable bonds is 9. The molecule has 3 aliphatic heterocycles. The highest BCUT2D eigenvalue weighted by Crippen LogP contribution is 2.44. The molecule has 0 radical (unpaired) electrons. The Morgan fingerprint density at radius 1 is 0.978 bits per heavy atom. The van der Waals surface area contributed by atoms with Gasteiger partial charge in [-0.05, 0) is 84.8 Å². The van der Waals surface area contributed by atoms with E-state index >= 15 is 0 Å². The summed E-state index contributed by atoms with van der Waals surface area (Å²) < 4.78 is 86.0. The van der Waals surface area contributed by atoms with Crippen LogP contribution in [-0.2, 0) is 28.5 Å². The molecule has 2 aromatic carbocycles. The van der Waals surface area contributed by atoms with Gasteiger partial charge in [0.25, 0.3) is 0 Å². The summed E-state index contributed by atoms with van der Waals surface area (Å²) in [5, 5.41) is 7.00. The van der Waals surface area contributed by atoms with Crippen LogP contribution in [0.5, 0.6) is 5.75 Å². The average Bonchev–Trinajstić information content (AvgIpc) is 3.04. The number of halogens is 6. The smallest absolute Gasteiger partial charge is 0.416 e. The molecule has 13 heteroatoms. The van der Waals surface area contributed by atoms with Crippen LogP contribution in [0.1, 0.15) is 54.5 Å². The molecular weight excluding hydrogens is 614 g/mol. The van der Waals surface area contributed by atoms with Crippen molar-refractivity contribution in [2.45, 2.75) is 69.3 Å². The number of nitrogens with zero attached hydrogens (tertiary/aromatic N) is 2. The Bertz CT molecular complexity index is 1610.